The van der Waals surface area contributed by atoms with Crippen molar-refractivity contribution in [3.05, 3.63) is 78.1 Å². The van der Waals surface area contributed by atoms with Gasteiger partial charge in [0.2, 0.25) is 0 Å². The molecule has 0 spiro atoms. The highest BCUT2D eigenvalue weighted by Crippen LogP contribution is 2.21. The summed E-state index contributed by atoms with van der Waals surface area (Å²) in [5.74, 6) is -0.564. The molecule has 0 aliphatic carbocycles. The Kier molecular flexibility index (Phi) is 4.84. The molecule has 3 aromatic rings. The summed E-state index contributed by atoms with van der Waals surface area (Å²) in [6.45, 7) is 0.651. The van der Waals surface area contributed by atoms with Gasteiger partial charge in [-0.05, 0) is 34.7 Å². The fraction of sp³-hybridized carbons (Fsp3) is 0.0526. The Balaban J connectivity index is 1.82. The van der Waals surface area contributed by atoms with E-state index in [0.29, 0.717) is 6.54 Å². The quantitative estimate of drug-likeness (QED) is 0.383. The number of nitrogens with one attached hydrogen (secondary N) is 2. The second-order valence-corrected chi connectivity index (χ2v) is 5.26. The molecule has 0 saturated carbocycles. The summed E-state index contributed by atoms with van der Waals surface area (Å²) in [5.41, 5.74) is 4.52. The van der Waals surface area contributed by atoms with Gasteiger partial charge in [-0.2, -0.15) is 0 Å². The second-order valence-electron chi connectivity index (χ2n) is 5.26. The summed E-state index contributed by atoms with van der Waals surface area (Å²) in [6.07, 6.45) is 6.57. The predicted octanol–water partition coefficient (Wildman–Crippen LogP) is 3.37. The van der Waals surface area contributed by atoms with Crippen molar-refractivity contribution in [1.82, 2.24) is 10.5 Å². The lowest BCUT2D eigenvalue weighted by Crippen LogP contribution is -2.14. The highest BCUT2D eigenvalue weighted by molar-refractivity contribution is 5.92. The standard InChI is InChI=1S/C19H17N3O2/c23-19(22-24)9-8-14-4-1-2-7-18(14)21-13-16-6-3-5-15-12-20-11-10-17(15)16/h1-12,21,24H,13H2,(H,22,23). The van der Waals surface area contributed by atoms with Gasteiger partial charge in [0.15, 0.2) is 0 Å². The maximum Gasteiger partial charge on any atom is 0.267 e. The van der Waals surface area contributed by atoms with Gasteiger partial charge in [-0.25, -0.2) is 5.48 Å². The lowest BCUT2D eigenvalue weighted by Gasteiger charge is -2.11. The van der Waals surface area contributed by atoms with Gasteiger partial charge in [0, 0.05) is 36.1 Å². The highest BCUT2D eigenvalue weighted by atomic mass is 16.5. The predicted molar refractivity (Wildman–Crippen MR) is 94.5 cm³/mol. The molecule has 1 amide bonds. The number of anilines is 1. The minimum atomic E-state index is -0.564. The van der Waals surface area contributed by atoms with Crippen molar-refractivity contribution in [1.29, 1.82) is 0 Å². The molecule has 0 unspecified atom stereocenters. The number of carbonyl (C=O) groups is 1. The van der Waals surface area contributed by atoms with Gasteiger partial charge in [0.1, 0.15) is 0 Å². The third-order valence-corrected chi connectivity index (χ3v) is 3.73. The molecule has 0 atom stereocenters. The number of carbonyl (C=O) groups excluding carboxylic acids is 1. The van der Waals surface area contributed by atoms with Crippen LogP contribution in [-0.4, -0.2) is 16.1 Å². The zero-order valence-electron chi connectivity index (χ0n) is 12.9. The largest absolute Gasteiger partial charge is 0.380 e. The molecule has 0 radical (unpaired) electrons. The van der Waals surface area contributed by atoms with Crippen LogP contribution in [0.2, 0.25) is 0 Å². The number of amides is 1. The maximum absolute atomic E-state index is 11.1. The van der Waals surface area contributed by atoms with Crippen molar-refractivity contribution in [2.24, 2.45) is 0 Å². The number of hydroxylamine groups is 1. The number of nitrogens with zero attached hydrogens (tertiary/aromatic N) is 1. The molecule has 5 nitrogen and oxygen atoms in total. The fourth-order valence-corrected chi connectivity index (χ4v) is 2.54. The van der Waals surface area contributed by atoms with Gasteiger partial charge in [0.05, 0.1) is 0 Å². The molecule has 3 rings (SSSR count). The number of pyridine rings is 1. The minimum Gasteiger partial charge on any atom is -0.380 e. The second kappa shape index (κ2) is 7.39. The van der Waals surface area contributed by atoms with Crippen LogP contribution in [0.1, 0.15) is 11.1 Å². The lowest BCUT2D eigenvalue weighted by molar-refractivity contribution is -0.124. The van der Waals surface area contributed by atoms with E-state index in [1.165, 1.54) is 11.6 Å². The van der Waals surface area contributed by atoms with E-state index in [-0.39, 0.29) is 0 Å². The first-order valence-electron chi connectivity index (χ1n) is 7.54. The molecule has 5 heteroatoms. The van der Waals surface area contributed by atoms with Gasteiger partial charge in [-0.3, -0.25) is 15.0 Å². The van der Waals surface area contributed by atoms with Gasteiger partial charge < -0.3 is 5.32 Å². The first kappa shape index (κ1) is 15.7. The number of aromatic nitrogens is 1. The highest BCUT2D eigenvalue weighted by Gasteiger charge is 2.03. The first-order valence-corrected chi connectivity index (χ1v) is 7.54. The fourth-order valence-electron chi connectivity index (χ4n) is 2.54. The van der Waals surface area contributed by atoms with Crippen LogP contribution in [-0.2, 0) is 11.3 Å². The molecule has 24 heavy (non-hydrogen) atoms. The van der Waals surface area contributed by atoms with E-state index in [9.17, 15) is 4.79 Å². The number of rotatable bonds is 5. The van der Waals surface area contributed by atoms with Gasteiger partial charge in [-0.15, -0.1) is 0 Å². The third-order valence-electron chi connectivity index (χ3n) is 3.73. The lowest BCUT2D eigenvalue weighted by atomic mass is 10.1. The van der Waals surface area contributed by atoms with Gasteiger partial charge >= 0.3 is 0 Å². The molecule has 0 aliphatic heterocycles. The smallest absolute Gasteiger partial charge is 0.267 e. The Morgan fingerprint density at radius 3 is 2.88 bits per heavy atom. The van der Waals surface area contributed by atoms with Crippen molar-refractivity contribution < 1.29 is 10.0 Å². The van der Waals surface area contributed by atoms with Gasteiger partial charge in [-0.1, -0.05) is 36.4 Å². The molecule has 1 aromatic heterocycles. The van der Waals surface area contributed by atoms with Crippen LogP contribution < -0.4 is 10.8 Å². The van der Waals surface area contributed by atoms with Crippen molar-refractivity contribution >= 4 is 28.4 Å². The van der Waals surface area contributed by atoms with Crippen LogP contribution in [0.15, 0.2) is 67.0 Å². The topological polar surface area (TPSA) is 74.2 Å². The summed E-state index contributed by atoms with van der Waals surface area (Å²) >= 11 is 0. The monoisotopic (exact) mass is 319 g/mol. The van der Waals surface area contributed by atoms with E-state index in [4.69, 9.17) is 5.21 Å². The summed E-state index contributed by atoms with van der Waals surface area (Å²) in [4.78, 5) is 15.3. The van der Waals surface area contributed by atoms with E-state index in [2.05, 4.69) is 16.4 Å². The summed E-state index contributed by atoms with van der Waals surface area (Å²) < 4.78 is 0. The summed E-state index contributed by atoms with van der Waals surface area (Å²) in [7, 11) is 0. The Bertz CT molecular complexity index is 885. The molecule has 1 heterocycles. The number of benzene rings is 2. The number of para-hydroxylation sites is 1. The molecule has 0 fully saturated rings. The number of fused-ring (bicyclic) bond motifs is 1. The molecular weight excluding hydrogens is 302 g/mol. The average Bonchev–Trinajstić information content (AvgIpc) is 2.65. The maximum atomic E-state index is 11.1. The van der Waals surface area contributed by atoms with E-state index in [1.807, 2.05) is 48.7 Å². The van der Waals surface area contributed by atoms with E-state index in [1.54, 1.807) is 17.8 Å². The number of hydrogen-bond donors (Lipinski definition) is 3. The SMILES string of the molecule is O=C(C=Cc1ccccc1NCc1cccc2cnccc12)NO. The molecular formula is C19H17N3O2. The molecule has 120 valence electrons. The van der Waals surface area contributed by atoms with Crippen LogP contribution in [0.4, 0.5) is 5.69 Å². The molecule has 0 bridgehead atoms. The molecule has 0 aliphatic rings. The normalized spacial score (nSPS) is 10.9. The van der Waals surface area contributed by atoms with Crippen LogP contribution in [0, 0.1) is 0 Å². The van der Waals surface area contributed by atoms with Crippen LogP contribution in [0.25, 0.3) is 16.8 Å². The number of hydrogen-bond acceptors (Lipinski definition) is 4. The Morgan fingerprint density at radius 2 is 2.00 bits per heavy atom. The zero-order valence-corrected chi connectivity index (χ0v) is 12.9. The summed E-state index contributed by atoms with van der Waals surface area (Å²) in [5, 5.41) is 14.2. The average molecular weight is 319 g/mol. The van der Waals surface area contributed by atoms with E-state index >= 15 is 0 Å². The van der Waals surface area contributed by atoms with Crippen LogP contribution in [0.5, 0.6) is 0 Å². The van der Waals surface area contributed by atoms with E-state index < -0.39 is 5.91 Å². The Hall–Kier alpha value is -3.18. The molecule has 0 saturated heterocycles. The van der Waals surface area contributed by atoms with Crippen molar-refractivity contribution in [3.8, 4) is 0 Å². The Labute approximate surface area is 139 Å². The zero-order chi connectivity index (χ0) is 16.8. The van der Waals surface area contributed by atoms with Crippen molar-refractivity contribution in [3.63, 3.8) is 0 Å². The molecule has 3 N–H and O–H groups in total. The minimum absolute atomic E-state index is 0.564. The molecule has 2 aromatic carbocycles. The third kappa shape index (κ3) is 3.59. The van der Waals surface area contributed by atoms with Crippen molar-refractivity contribution in [2.45, 2.75) is 6.54 Å². The summed E-state index contributed by atoms with van der Waals surface area (Å²) in [6, 6.07) is 15.8. The van der Waals surface area contributed by atoms with Crippen molar-refractivity contribution in [2.75, 3.05) is 5.32 Å². The Morgan fingerprint density at radius 1 is 1.12 bits per heavy atom. The van der Waals surface area contributed by atoms with E-state index in [0.717, 1.165) is 22.0 Å². The van der Waals surface area contributed by atoms with Crippen LogP contribution in [0.3, 0.4) is 0 Å². The van der Waals surface area contributed by atoms with Crippen LogP contribution >= 0.6 is 0 Å². The first-order chi connectivity index (χ1) is 11.8. The van der Waals surface area contributed by atoms with Gasteiger partial charge in [0.25, 0.3) is 5.91 Å².